The second kappa shape index (κ2) is 5.72. The predicted octanol–water partition coefficient (Wildman–Crippen LogP) is 2.53. The quantitative estimate of drug-likeness (QED) is 0.673. The minimum Gasteiger partial charge on any atom is -0.399 e. The van der Waals surface area contributed by atoms with Crippen LogP contribution in [0.3, 0.4) is 0 Å². The van der Waals surface area contributed by atoms with Crippen LogP contribution in [-0.4, -0.2) is 30.3 Å². The van der Waals surface area contributed by atoms with E-state index in [2.05, 4.69) is 27.6 Å². The van der Waals surface area contributed by atoms with Gasteiger partial charge in [0.15, 0.2) is 0 Å². The van der Waals surface area contributed by atoms with Crippen molar-refractivity contribution in [2.75, 3.05) is 7.11 Å². The number of amides is 1. The van der Waals surface area contributed by atoms with Gasteiger partial charge in [-0.1, -0.05) is 11.2 Å². The third-order valence-electron chi connectivity index (χ3n) is 4.81. The zero-order chi connectivity index (χ0) is 15.8. The molecule has 0 aliphatic heterocycles. The number of aromatic nitrogens is 1. The number of nitrogens with zero attached hydrogens (tertiary/aromatic N) is 1. The molecular weight excluding hydrogens is 290 g/mol. The smallest absolute Gasteiger partial charge is 0.223 e. The van der Waals surface area contributed by atoms with Crippen molar-refractivity contribution in [3.63, 3.8) is 0 Å². The highest BCUT2D eigenvalue weighted by Crippen LogP contribution is 2.32. The van der Waals surface area contributed by atoms with Gasteiger partial charge < -0.3 is 15.1 Å². The monoisotopic (exact) mass is 311 g/mol. The molecule has 23 heavy (non-hydrogen) atoms. The lowest BCUT2D eigenvalue weighted by Crippen LogP contribution is -2.39. The SMILES string of the molecule is CO/N=C/c1ccc2[nH]c3c(c2c1)CC(NC(=O)C1CC1)CC3. The lowest BCUT2D eigenvalue weighted by molar-refractivity contribution is -0.123. The number of aromatic amines is 1. The summed E-state index contributed by atoms with van der Waals surface area (Å²) in [6, 6.07) is 6.51. The number of carbonyl (C=O) groups is 1. The summed E-state index contributed by atoms with van der Waals surface area (Å²) in [6.07, 6.45) is 6.72. The minimum atomic E-state index is 0.242. The van der Waals surface area contributed by atoms with Gasteiger partial charge in [0.05, 0.1) is 6.21 Å². The molecule has 1 aromatic carbocycles. The van der Waals surface area contributed by atoms with Crippen LogP contribution in [0.15, 0.2) is 23.4 Å². The fourth-order valence-corrected chi connectivity index (χ4v) is 3.42. The van der Waals surface area contributed by atoms with Gasteiger partial charge in [0.2, 0.25) is 5.91 Å². The number of aryl methyl sites for hydroxylation is 1. The Morgan fingerprint density at radius 1 is 1.39 bits per heavy atom. The number of nitrogens with one attached hydrogen (secondary N) is 2. The molecule has 1 unspecified atom stereocenters. The van der Waals surface area contributed by atoms with Crippen molar-refractivity contribution in [2.24, 2.45) is 11.1 Å². The van der Waals surface area contributed by atoms with Gasteiger partial charge in [-0.05, 0) is 55.4 Å². The standard InChI is InChI=1S/C18H21N3O2/c1-23-19-10-11-2-6-16-14(8-11)15-9-13(5-7-17(15)21-16)20-18(22)12-3-4-12/h2,6,8,10,12-13,21H,3-5,7,9H2,1H3,(H,20,22)/b19-10+. The van der Waals surface area contributed by atoms with Crippen LogP contribution >= 0.6 is 0 Å². The van der Waals surface area contributed by atoms with Crippen molar-refractivity contribution in [3.8, 4) is 0 Å². The molecule has 5 heteroatoms. The summed E-state index contributed by atoms with van der Waals surface area (Å²) in [6.45, 7) is 0. The zero-order valence-corrected chi connectivity index (χ0v) is 13.3. The van der Waals surface area contributed by atoms with Crippen LogP contribution in [0.25, 0.3) is 10.9 Å². The summed E-state index contributed by atoms with van der Waals surface area (Å²) in [5.74, 6) is 0.516. The van der Waals surface area contributed by atoms with Crippen LogP contribution in [0, 0.1) is 5.92 Å². The van der Waals surface area contributed by atoms with Crippen LogP contribution in [0.5, 0.6) is 0 Å². The number of H-pyrrole nitrogens is 1. The highest BCUT2D eigenvalue weighted by atomic mass is 16.6. The molecule has 1 atom stereocenters. The van der Waals surface area contributed by atoms with E-state index < -0.39 is 0 Å². The first-order chi connectivity index (χ1) is 11.2. The highest BCUT2D eigenvalue weighted by molar-refractivity contribution is 5.92. The molecule has 2 aliphatic carbocycles. The molecule has 0 saturated heterocycles. The fourth-order valence-electron chi connectivity index (χ4n) is 3.42. The van der Waals surface area contributed by atoms with Gasteiger partial charge in [-0.15, -0.1) is 0 Å². The zero-order valence-electron chi connectivity index (χ0n) is 13.3. The Labute approximate surface area is 135 Å². The van der Waals surface area contributed by atoms with Crippen LogP contribution < -0.4 is 5.32 Å². The summed E-state index contributed by atoms with van der Waals surface area (Å²) in [7, 11) is 1.54. The van der Waals surface area contributed by atoms with Crippen LogP contribution in [0.4, 0.5) is 0 Å². The van der Waals surface area contributed by atoms with Crippen molar-refractivity contribution in [2.45, 2.75) is 38.1 Å². The molecule has 120 valence electrons. The number of oxime groups is 1. The summed E-state index contributed by atoms with van der Waals surface area (Å²) in [5, 5.41) is 8.29. The molecule has 2 N–H and O–H groups in total. The van der Waals surface area contributed by atoms with Crippen molar-refractivity contribution >= 4 is 23.0 Å². The first-order valence-electron chi connectivity index (χ1n) is 8.25. The van der Waals surface area contributed by atoms with E-state index in [0.29, 0.717) is 0 Å². The third kappa shape index (κ3) is 2.83. The Morgan fingerprint density at radius 3 is 3.04 bits per heavy atom. The first-order valence-corrected chi connectivity index (χ1v) is 8.25. The Balaban J connectivity index is 1.60. The summed E-state index contributed by atoms with van der Waals surface area (Å²) in [4.78, 5) is 20.3. The molecule has 5 nitrogen and oxygen atoms in total. The van der Waals surface area contributed by atoms with Gasteiger partial charge in [0.1, 0.15) is 7.11 Å². The van der Waals surface area contributed by atoms with Crippen molar-refractivity contribution in [1.29, 1.82) is 0 Å². The van der Waals surface area contributed by atoms with Gasteiger partial charge >= 0.3 is 0 Å². The van der Waals surface area contributed by atoms with E-state index in [0.717, 1.165) is 43.2 Å². The number of fused-ring (bicyclic) bond motifs is 3. The average molecular weight is 311 g/mol. The number of rotatable bonds is 4. The van der Waals surface area contributed by atoms with Gasteiger partial charge in [-0.3, -0.25) is 4.79 Å². The van der Waals surface area contributed by atoms with Gasteiger partial charge in [0, 0.05) is 28.6 Å². The fraction of sp³-hybridized carbons (Fsp3) is 0.444. The maximum Gasteiger partial charge on any atom is 0.223 e. The van der Waals surface area contributed by atoms with Gasteiger partial charge in [0.25, 0.3) is 0 Å². The largest absolute Gasteiger partial charge is 0.399 e. The van der Waals surface area contributed by atoms with E-state index in [4.69, 9.17) is 4.84 Å². The van der Waals surface area contributed by atoms with E-state index >= 15 is 0 Å². The summed E-state index contributed by atoms with van der Waals surface area (Å²) in [5.41, 5.74) is 4.81. The van der Waals surface area contributed by atoms with Crippen molar-refractivity contribution in [3.05, 3.63) is 35.0 Å². The maximum atomic E-state index is 12.0. The van der Waals surface area contributed by atoms with Crippen molar-refractivity contribution in [1.82, 2.24) is 10.3 Å². The molecule has 2 aliphatic rings. The van der Waals surface area contributed by atoms with Gasteiger partial charge in [-0.25, -0.2) is 0 Å². The molecule has 0 spiro atoms. The van der Waals surface area contributed by atoms with Crippen LogP contribution in [0.2, 0.25) is 0 Å². The normalized spacial score (nSPS) is 20.7. The molecule has 0 bridgehead atoms. The third-order valence-corrected chi connectivity index (χ3v) is 4.81. The number of benzene rings is 1. The summed E-state index contributed by atoms with van der Waals surface area (Å²) < 4.78 is 0. The average Bonchev–Trinajstić information content (AvgIpc) is 3.35. The molecule has 1 amide bonds. The lowest BCUT2D eigenvalue weighted by Gasteiger charge is -2.23. The van der Waals surface area contributed by atoms with Crippen LogP contribution in [-0.2, 0) is 22.5 Å². The molecule has 1 fully saturated rings. The molecule has 1 aromatic heterocycles. The summed E-state index contributed by atoms with van der Waals surface area (Å²) >= 11 is 0. The molecule has 2 aromatic rings. The van der Waals surface area contributed by atoms with E-state index in [1.807, 2.05) is 6.07 Å². The molecular formula is C18H21N3O2. The Kier molecular flexibility index (Phi) is 3.56. The lowest BCUT2D eigenvalue weighted by atomic mass is 9.91. The molecule has 0 radical (unpaired) electrons. The molecule has 1 heterocycles. The Hall–Kier alpha value is -2.30. The minimum absolute atomic E-state index is 0.242. The molecule has 1 saturated carbocycles. The Morgan fingerprint density at radius 2 is 2.26 bits per heavy atom. The van der Waals surface area contributed by atoms with Gasteiger partial charge in [-0.2, -0.15) is 0 Å². The second-order valence-electron chi connectivity index (χ2n) is 6.53. The van der Waals surface area contributed by atoms with E-state index in [9.17, 15) is 4.79 Å². The highest BCUT2D eigenvalue weighted by Gasteiger charge is 2.32. The number of carbonyl (C=O) groups excluding carboxylic acids is 1. The maximum absolute atomic E-state index is 12.0. The van der Waals surface area contributed by atoms with E-state index in [1.54, 1.807) is 13.3 Å². The van der Waals surface area contributed by atoms with Crippen molar-refractivity contribution < 1.29 is 9.63 Å². The van der Waals surface area contributed by atoms with Crippen LogP contribution in [0.1, 0.15) is 36.1 Å². The van der Waals surface area contributed by atoms with E-state index in [1.165, 1.54) is 16.6 Å². The predicted molar refractivity (Wildman–Crippen MR) is 89.6 cm³/mol. The molecule has 4 rings (SSSR count). The van der Waals surface area contributed by atoms with E-state index in [-0.39, 0.29) is 17.9 Å². The second-order valence-corrected chi connectivity index (χ2v) is 6.53. The number of hydrogen-bond acceptors (Lipinski definition) is 3. The first kappa shape index (κ1) is 14.3. The number of hydrogen-bond donors (Lipinski definition) is 2. The Bertz CT molecular complexity index is 774. The topological polar surface area (TPSA) is 66.5 Å².